The van der Waals surface area contributed by atoms with Crippen LogP contribution in [0, 0.1) is 0 Å². The molecule has 3 nitrogen and oxygen atoms in total. The van der Waals surface area contributed by atoms with E-state index in [9.17, 15) is 0 Å². The summed E-state index contributed by atoms with van der Waals surface area (Å²) in [6, 6.07) is 8.28. The Labute approximate surface area is 125 Å². The zero-order valence-corrected chi connectivity index (χ0v) is 13.1. The molecule has 1 N–H and O–H groups in total. The molecule has 1 heterocycles. The van der Waals surface area contributed by atoms with Crippen molar-refractivity contribution in [1.29, 1.82) is 0 Å². The molecule has 0 amide bonds. The minimum Gasteiger partial charge on any atom is -0.491 e. The van der Waals surface area contributed by atoms with Crippen LogP contribution in [0.3, 0.4) is 0 Å². The van der Waals surface area contributed by atoms with E-state index in [0.29, 0.717) is 5.92 Å². The number of hydrogen-bond donors (Lipinski definition) is 1. The summed E-state index contributed by atoms with van der Waals surface area (Å²) in [5, 5.41) is 6.70. The molecule has 20 heavy (non-hydrogen) atoms. The monoisotopic (exact) mass is 290 g/mol. The molecular weight excluding hydrogens is 268 g/mol. The summed E-state index contributed by atoms with van der Waals surface area (Å²) in [7, 11) is 0. The number of nitrogens with zero attached hydrogens (tertiary/aromatic N) is 1. The van der Waals surface area contributed by atoms with Crippen LogP contribution < -0.4 is 10.1 Å². The Kier molecular flexibility index (Phi) is 5.56. The molecule has 2 aromatic rings. The van der Waals surface area contributed by atoms with Gasteiger partial charge < -0.3 is 10.1 Å². The molecule has 2 rings (SSSR count). The van der Waals surface area contributed by atoms with Crippen LogP contribution in [0.15, 0.2) is 35.8 Å². The van der Waals surface area contributed by atoms with Crippen molar-refractivity contribution in [3.63, 3.8) is 0 Å². The Morgan fingerprint density at radius 3 is 2.55 bits per heavy atom. The Morgan fingerprint density at radius 2 is 1.95 bits per heavy atom. The molecular formula is C16H22N2OS. The zero-order chi connectivity index (χ0) is 14.4. The van der Waals surface area contributed by atoms with Crippen LogP contribution in [0.1, 0.15) is 37.3 Å². The van der Waals surface area contributed by atoms with Gasteiger partial charge in [-0.15, -0.1) is 11.3 Å². The standard InChI is InChI=1S/C16H22N2OS/c1-12(2)19-15-6-4-14(5-7-15)11-17-10-13(3)16-18-8-9-20-16/h4-9,12-13,17H,10-11H2,1-3H3. The third kappa shape index (κ3) is 4.62. The summed E-state index contributed by atoms with van der Waals surface area (Å²) in [5.41, 5.74) is 1.27. The lowest BCUT2D eigenvalue weighted by molar-refractivity contribution is 0.242. The summed E-state index contributed by atoms with van der Waals surface area (Å²) in [5.74, 6) is 1.39. The number of benzene rings is 1. The third-order valence-electron chi connectivity index (χ3n) is 2.95. The summed E-state index contributed by atoms with van der Waals surface area (Å²) in [6.45, 7) is 8.09. The first-order chi connectivity index (χ1) is 9.65. The molecule has 0 aliphatic carbocycles. The maximum atomic E-state index is 5.63. The summed E-state index contributed by atoms with van der Waals surface area (Å²) < 4.78 is 5.63. The van der Waals surface area contributed by atoms with Crippen LogP contribution in [0.5, 0.6) is 5.75 Å². The SMILES string of the molecule is CC(C)Oc1ccc(CNCC(C)c2nccs2)cc1. The summed E-state index contributed by atoms with van der Waals surface area (Å²) in [6.07, 6.45) is 2.09. The Hall–Kier alpha value is -1.39. The fraction of sp³-hybridized carbons (Fsp3) is 0.438. The molecule has 0 aliphatic heterocycles. The van der Waals surface area contributed by atoms with Gasteiger partial charge in [-0.25, -0.2) is 4.98 Å². The van der Waals surface area contributed by atoms with Gasteiger partial charge in [0.2, 0.25) is 0 Å². The van der Waals surface area contributed by atoms with Crippen LogP contribution in [0.4, 0.5) is 0 Å². The van der Waals surface area contributed by atoms with Crippen molar-refractivity contribution in [3.05, 3.63) is 46.4 Å². The first kappa shape index (κ1) is 15.0. The molecule has 1 aromatic heterocycles. The van der Waals surface area contributed by atoms with Gasteiger partial charge in [0.1, 0.15) is 5.75 Å². The minimum atomic E-state index is 0.220. The van der Waals surface area contributed by atoms with Crippen molar-refractivity contribution >= 4 is 11.3 Å². The third-order valence-corrected chi connectivity index (χ3v) is 3.95. The van der Waals surface area contributed by atoms with E-state index < -0.39 is 0 Å². The number of rotatable bonds is 7. The molecule has 1 atom stereocenters. The smallest absolute Gasteiger partial charge is 0.119 e. The van der Waals surface area contributed by atoms with Gasteiger partial charge in [0, 0.05) is 30.6 Å². The molecule has 1 aromatic carbocycles. The lowest BCUT2D eigenvalue weighted by atomic mass is 10.1. The number of ether oxygens (including phenoxy) is 1. The Bertz CT molecular complexity index is 494. The maximum Gasteiger partial charge on any atom is 0.119 e. The molecule has 0 fully saturated rings. The van der Waals surface area contributed by atoms with Gasteiger partial charge in [-0.1, -0.05) is 19.1 Å². The molecule has 4 heteroatoms. The van der Waals surface area contributed by atoms with E-state index in [-0.39, 0.29) is 6.10 Å². The van der Waals surface area contributed by atoms with Crippen molar-refractivity contribution in [1.82, 2.24) is 10.3 Å². The average Bonchev–Trinajstić information content (AvgIpc) is 2.94. The normalized spacial score (nSPS) is 12.6. The van der Waals surface area contributed by atoms with E-state index in [1.807, 2.05) is 37.6 Å². The van der Waals surface area contributed by atoms with Gasteiger partial charge in [0.25, 0.3) is 0 Å². The highest BCUT2D eigenvalue weighted by Gasteiger charge is 2.07. The average molecular weight is 290 g/mol. The van der Waals surface area contributed by atoms with E-state index in [0.717, 1.165) is 18.8 Å². The summed E-state index contributed by atoms with van der Waals surface area (Å²) >= 11 is 1.72. The lowest BCUT2D eigenvalue weighted by Crippen LogP contribution is -2.19. The lowest BCUT2D eigenvalue weighted by Gasteiger charge is -2.12. The summed E-state index contributed by atoms with van der Waals surface area (Å²) in [4.78, 5) is 4.34. The van der Waals surface area contributed by atoms with E-state index in [2.05, 4.69) is 29.4 Å². The quantitative estimate of drug-likeness (QED) is 0.841. The molecule has 0 radical (unpaired) electrons. The molecule has 0 aliphatic rings. The number of aromatic nitrogens is 1. The van der Waals surface area contributed by atoms with Crippen molar-refractivity contribution in [3.8, 4) is 5.75 Å². The first-order valence-corrected chi connectivity index (χ1v) is 7.89. The van der Waals surface area contributed by atoms with Crippen LogP contribution in [0.25, 0.3) is 0 Å². The number of thiazole rings is 1. The fourth-order valence-corrected chi connectivity index (χ4v) is 2.65. The van der Waals surface area contributed by atoms with E-state index in [1.165, 1.54) is 10.6 Å². The van der Waals surface area contributed by atoms with Crippen LogP contribution in [-0.4, -0.2) is 17.6 Å². The molecule has 108 valence electrons. The molecule has 1 unspecified atom stereocenters. The minimum absolute atomic E-state index is 0.220. The molecule has 0 saturated carbocycles. The Morgan fingerprint density at radius 1 is 1.20 bits per heavy atom. The molecule has 0 bridgehead atoms. The second-order valence-electron chi connectivity index (χ2n) is 5.21. The van der Waals surface area contributed by atoms with Gasteiger partial charge in [0.05, 0.1) is 11.1 Å². The van der Waals surface area contributed by atoms with Crippen molar-refractivity contribution < 1.29 is 4.74 Å². The molecule has 0 saturated heterocycles. The first-order valence-electron chi connectivity index (χ1n) is 7.01. The molecule has 0 spiro atoms. The Balaban J connectivity index is 1.76. The van der Waals surface area contributed by atoms with Gasteiger partial charge in [-0.05, 0) is 31.5 Å². The van der Waals surface area contributed by atoms with Gasteiger partial charge >= 0.3 is 0 Å². The topological polar surface area (TPSA) is 34.1 Å². The van der Waals surface area contributed by atoms with Crippen molar-refractivity contribution in [2.45, 2.75) is 39.3 Å². The highest BCUT2D eigenvalue weighted by Crippen LogP contribution is 2.17. The van der Waals surface area contributed by atoms with Crippen molar-refractivity contribution in [2.24, 2.45) is 0 Å². The largest absolute Gasteiger partial charge is 0.491 e. The van der Waals surface area contributed by atoms with Gasteiger partial charge in [-0.2, -0.15) is 0 Å². The number of hydrogen-bond acceptors (Lipinski definition) is 4. The second-order valence-corrected chi connectivity index (χ2v) is 6.14. The van der Waals surface area contributed by atoms with E-state index in [1.54, 1.807) is 11.3 Å². The maximum absolute atomic E-state index is 5.63. The van der Waals surface area contributed by atoms with E-state index >= 15 is 0 Å². The zero-order valence-electron chi connectivity index (χ0n) is 12.3. The van der Waals surface area contributed by atoms with Crippen LogP contribution in [-0.2, 0) is 6.54 Å². The fourth-order valence-electron chi connectivity index (χ4n) is 1.96. The van der Waals surface area contributed by atoms with Crippen molar-refractivity contribution in [2.75, 3.05) is 6.54 Å². The predicted octanol–water partition coefficient (Wildman–Crippen LogP) is 3.82. The van der Waals surface area contributed by atoms with Gasteiger partial charge in [-0.3, -0.25) is 0 Å². The van der Waals surface area contributed by atoms with E-state index in [4.69, 9.17) is 4.74 Å². The highest BCUT2D eigenvalue weighted by atomic mass is 32.1. The van der Waals surface area contributed by atoms with Crippen LogP contribution in [0.2, 0.25) is 0 Å². The predicted molar refractivity (Wildman–Crippen MR) is 84.4 cm³/mol. The number of nitrogens with one attached hydrogen (secondary N) is 1. The van der Waals surface area contributed by atoms with Crippen LogP contribution >= 0.6 is 11.3 Å². The van der Waals surface area contributed by atoms with Gasteiger partial charge in [0.15, 0.2) is 0 Å². The second kappa shape index (κ2) is 7.41. The highest BCUT2D eigenvalue weighted by molar-refractivity contribution is 7.09.